The van der Waals surface area contributed by atoms with E-state index in [2.05, 4.69) is 5.32 Å². The number of hydrogen-bond acceptors (Lipinski definition) is 7. The van der Waals surface area contributed by atoms with Crippen molar-refractivity contribution in [1.29, 1.82) is 0 Å². The Morgan fingerprint density at radius 2 is 1.87 bits per heavy atom. The summed E-state index contributed by atoms with van der Waals surface area (Å²) in [4.78, 5) is 24.5. The second kappa shape index (κ2) is 10.4. The highest BCUT2D eigenvalue weighted by atomic mass is 16.6. The quantitative estimate of drug-likeness (QED) is 0.510. The number of esters is 1. The fourth-order valence-electron chi connectivity index (χ4n) is 2.86. The van der Waals surface area contributed by atoms with Crippen LogP contribution in [0.5, 0.6) is 23.0 Å². The molecule has 8 nitrogen and oxygen atoms in total. The number of hydrogen-bond donors (Lipinski definition) is 1. The average molecular weight is 427 g/mol. The Morgan fingerprint density at radius 1 is 1.10 bits per heavy atom. The van der Waals surface area contributed by atoms with Crippen molar-refractivity contribution in [2.75, 3.05) is 32.2 Å². The summed E-state index contributed by atoms with van der Waals surface area (Å²) >= 11 is 0. The smallest absolute Gasteiger partial charge is 0.331 e. The van der Waals surface area contributed by atoms with E-state index in [-0.39, 0.29) is 0 Å². The van der Waals surface area contributed by atoms with Gasteiger partial charge < -0.3 is 29.0 Å². The fraction of sp³-hybridized carbons (Fsp3) is 0.304. The first-order valence-electron chi connectivity index (χ1n) is 9.90. The van der Waals surface area contributed by atoms with Gasteiger partial charge in [-0.2, -0.15) is 0 Å². The van der Waals surface area contributed by atoms with Crippen molar-refractivity contribution in [3.05, 3.63) is 48.0 Å². The fourth-order valence-corrected chi connectivity index (χ4v) is 2.86. The summed E-state index contributed by atoms with van der Waals surface area (Å²) < 4.78 is 26.9. The van der Waals surface area contributed by atoms with Crippen LogP contribution in [0.4, 0.5) is 5.69 Å². The van der Waals surface area contributed by atoms with Gasteiger partial charge in [-0.3, -0.25) is 4.79 Å². The predicted molar refractivity (Wildman–Crippen MR) is 115 cm³/mol. The Hall–Kier alpha value is -3.68. The molecule has 0 spiro atoms. The molecule has 1 aliphatic heterocycles. The largest absolute Gasteiger partial charge is 0.493 e. The van der Waals surface area contributed by atoms with Gasteiger partial charge in [0.2, 0.25) is 0 Å². The molecule has 1 aliphatic rings. The minimum absolute atomic E-state index is 0.449. The molecule has 1 heterocycles. The first kappa shape index (κ1) is 22.0. The van der Waals surface area contributed by atoms with E-state index in [1.54, 1.807) is 49.6 Å². The molecule has 31 heavy (non-hydrogen) atoms. The summed E-state index contributed by atoms with van der Waals surface area (Å²) in [6.45, 7) is 4.84. The van der Waals surface area contributed by atoms with Gasteiger partial charge in [0.1, 0.15) is 13.2 Å². The molecule has 0 aliphatic carbocycles. The lowest BCUT2D eigenvalue weighted by Gasteiger charge is -2.19. The van der Waals surface area contributed by atoms with Crippen molar-refractivity contribution in [3.8, 4) is 23.0 Å². The van der Waals surface area contributed by atoms with Crippen LogP contribution in [0.15, 0.2) is 42.5 Å². The number of ether oxygens (including phenoxy) is 5. The van der Waals surface area contributed by atoms with Gasteiger partial charge in [0, 0.05) is 17.8 Å². The number of methoxy groups -OCH3 is 1. The number of carbonyl (C=O) groups is 2. The number of nitrogens with one attached hydrogen (secondary N) is 1. The molecule has 0 saturated heterocycles. The number of amides is 1. The minimum atomic E-state index is -0.986. The van der Waals surface area contributed by atoms with E-state index >= 15 is 0 Å². The summed E-state index contributed by atoms with van der Waals surface area (Å²) in [6, 6.07) is 10.4. The summed E-state index contributed by atoms with van der Waals surface area (Å²) in [5, 5.41) is 2.70. The summed E-state index contributed by atoms with van der Waals surface area (Å²) in [6.07, 6.45) is 1.84. The number of benzene rings is 2. The van der Waals surface area contributed by atoms with Crippen molar-refractivity contribution < 1.29 is 33.3 Å². The molecule has 2 aromatic rings. The van der Waals surface area contributed by atoms with E-state index in [0.29, 0.717) is 48.5 Å². The van der Waals surface area contributed by atoms with Gasteiger partial charge in [-0.25, -0.2) is 4.79 Å². The van der Waals surface area contributed by atoms with E-state index in [4.69, 9.17) is 23.7 Å². The van der Waals surface area contributed by atoms with E-state index in [1.165, 1.54) is 13.0 Å². The van der Waals surface area contributed by atoms with Crippen LogP contribution >= 0.6 is 0 Å². The van der Waals surface area contributed by atoms with E-state index in [9.17, 15) is 9.59 Å². The Labute approximate surface area is 180 Å². The molecule has 0 fully saturated rings. The molecule has 1 atom stereocenters. The molecule has 0 saturated carbocycles. The topological polar surface area (TPSA) is 92.3 Å². The van der Waals surface area contributed by atoms with Crippen LogP contribution in [-0.2, 0) is 14.3 Å². The summed E-state index contributed by atoms with van der Waals surface area (Å²) in [5.74, 6) is 1.26. The molecule has 1 amide bonds. The Bertz CT molecular complexity index is 970. The monoisotopic (exact) mass is 427 g/mol. The Balaban J connectivity index is 1.55. The van der Waals surface area contributed by atoms with Gasteiger partial charge >= 0.3 is 5.97 Å². The highest BCUT2D eigenvalue weighted by Crippen LogP contribution is 2.32. The summed E-state index contributed by atoms with van der Waals surface area (Å²) in [7, 11) is 1.54. The lowest BCUT2D eigenvalue weighted by molar-refractivity contribution is -0.148. The zero-order chi connectivity index (χ0) is 22.2. The van der Waals surface area contributed by atoms with Gasteiger partial charge in [-0.1, -0.05) is 6.07 Å². The van der Waals surface area contributed by atoms with Crippen molar-refractivity contribution in [2.24, 2.45) is 0 Å². The van der Waals surface area contributed by atoms with Crippen LogP contribution in [0.1, 0.15) is 19.4 Å². The van der Waals surface area contributed by atoms with Crippen LogP contribution in [0.25, 0.3) is 6.08 Å². The molecule has 164 valence electrons. The molecular formula is C23H25NO7. The molecule has 1 unspecified atom stereocenters. The normalized spacial score (nSPS) is 13.4. The van der Waals surface area contributed by atoms with Crippen LogP contribution in [0, 0.1) is 0 Å². The first-order valence-corrected chi connectivity index (χ1v) is 9.90. The lowest BCUT2D eigenvalue weighted by Crippen LogP contribution is -2.29. The third-order valence-electron chi connectivity index (χ3n) is 4.37. The Morgan fingerprint density at radius 3 is 2.61 bits per heavy atom. The first-order chi connectivity index (χ1) is 15.0. The Kier molecular flexibility index (Phi) is 7.37. The molecule has 8 heteroatoms. The van der Waals surface area contributed by atoms with Gasteiger partial charge in [-0.05, 0) is 49.8 Å². The van der Waals surface area contributed by atoms with E-state index in [0.717, 1.165) is 5.56 Å². The predicted octanol–water partition coefficient (Wildman–Crippen LogP) is 3.45. The number of anilines is 1. The standard InChI is InChI=1S/C23H25NO7/c1-4-28-18-8-5-16(13-20(18)27-3)6-10-22(25)31-15(2)23(26)24-17-7-9-19-21(14-17)30-12-11-29-19/h5-10,13-15H,4,11-12H2,1-3H3,(H,24,26)/b10-6+. The zero-order valence-corrected chi connectivity index (χ0v) is 17.7. The maximum Gasteiger partial charge on any atom is 0.331 e. The van der Waals surface area contributed by atoms with Gasteiger partial charge in [0.25, 0.3) is 5.91 Å². The molecule has 1 N–H and O–H groups in total. The van der Waals surface area contributed by atoms with Crippen molar-refractivity contribution in [1.82, 2.24) is 0 Å². The highest BCUT2D eigenvalue weighted by molar-refractivity contribution is 5.96. The highest BCUT2D eigenvalue weighted by Gasteiger charge is 2.18. The molecule has 0 radical (unpaired) electrons. The number of fused-ring (bicyclic) bond motifs is 1. The van der Waals surface area contributed by atoms with Crippen molar-refractivity contribution in [2.45, 2.75) is 20.0 Å². The number of rotatable bonds is 8. The average Bonchev–Trinajstić information content (AvgIpc) is 2.78. The van der Waals surface area contributed by atoms with Gasteiger partial charge in [-0.15, -0.1) is 0 Å². The van der Waals surface area contributed by atoms with Crippen molar-refractivity contribution >= 4 is 23.6 Å². The van der Waals surface area contributed by atoms with Crippen LogP contribution in [-0.4, -0.2) is 44.9 Å². The van der Waals surface area contributed by atoms with Crippen LogP contribution in [0.2, 0.25) is 0 Å². The zero-order valence-electron chi connectivity index (χ0n) is 17.7. The van der Waals surface area contributed by atoms with Crippen LogP contribution < -0.4 is 24.3 Å². The van der Waals surface area contributed by atoms with Gasteiger partial charge in [0.15, 0.2) is 29.1 Å². The third-order valence-corrected chi connectivity index (χ3v) is 4.37. The van der Waals surface area contributed by atoms with E-state index in [1.807, 2.05) is 6.92 Å². The second-order valence-corrected chi connectivity index (χ2v) is 6.60. The third kappa shape index (κ3) is 5.91. The van der Waals surface area contributed by atoms with E-state index < -0.39 is 18.0 Å². The maximum atomic E-state index is 12.4. The molecule has 3 rings (SSSR count). The maximum absolute atomic E-state index is 12.4. The van der Waals surface area contributed by atoms with Gasteiger partial charge in [0.05, 0.1) is 13.7 Å². The van der Waals surface area contributed by atoms with Crippen LogP contribution in [0.3, 0.4) is 0 Å². The molecule has 2 aromatic carbocycles. The minimum Gasteiger partial charge on any atom is -0.493 e. The molecule has 0 bridgehead atoms. The lowest BCUT2D eigenvalue weighted by atomic mass is 10.2. The molecular weight excluding hydrogens is 402 g/mol. The second-order valence-electron chi connectivity index (χ2n) is 6.60. The molecule has 0 aromatic heterocycles. The van der Waals surface area contributed by atoms with Crippen molar-refractivity contribution in [3.63, 3.8) is 0 Å². The number of carbonyl (C=O) groups excluding carboxylic acids is 2. The SMILES string of the molecule is CCOc1ccc(/C=C/C(=O)OC(C)C(=O)Nc2ccc3c(c2)OCCO3)cc1OC. The summed E-state index contributed by atoms with van der Waals surface area (Å²) in [5.41, 5.74) is 1.25.